The molecule has 1 aliphatic heterocycles. The summed E-state index contributed by atoms with van der Waals surface area (Å²) in [4.78, 5) is 44.5. The van der Waals surface area contributed by atoms with Gasteiger partial charge in [-0.05, 0) is 50.2 Å². The van der Waals surface area contributed by atoms with Crippen LogP contribution in [0.25, 0.3) is 10.2 Å². The molecule has 0 atom stereocenters. The lowest BCUT2D eigenvalue weighted by molar-refractivity contribution is 0.0915. The molecule has 2 N–H and O–H groups in total. The Morgan fingerprint density at radius 2 is 1.70 bits per heavy atom. The number of carbonyl (C=O) groups excluding carboxylic acids is 3. The van der Waals surface area contributed by atoms with Crippen LogP contribution >= 0.6 is 11.3 Å². The van der Waals surface area contributed by atoms with Gasteiger partial charge in [-0.25, -0.2) is 9.18 Å². The summed E-state index contributed by atoms with van der Waals surface area (Å²) in [5, 5.41) is 10.4. The minimum atomic E-state index is -0.908. The summed E-state index contributed by atoms with van der Waals surface area (Å²) in [5.74, 6) is -0.680. The summed E-state index contributed by atoms with van der Waals surface area (Å²) < 4.78 is 18.6. The second-order valence-corrected chi connectivity index (χ2v) is 12.1. The van der Waals surface area contributed by atoms with E-state index < -0.39 is 30.8 Å². The van der Waals surface area contributed by atoms with E-state index in [2.05, 4.69) is 32.6 Å². The van der Waals surface area contributed by atoms with E-state index in [0.29, 0.717) is 20.7 Å². The van der Waals surface area contributed by atoms with Crippen LogP contribution in [0.15, 0.2) is 60.7 Å². The van der Waals surface area contributed by atoms with Crippen LogP contribution in [0, 0.1) is 0 Å². The lowest BCUT2D eigenvalue weighted by Gasteiger charge is -2.32. The number of hydrogen-bond donors (Lipinski definition) is 2. The number of halogens is 1. The molecule has 1 fully saturated rings. The van der Waals surface area contributed by atoms with Crippen molar-refractivity contribution in [3.63, 3.8) is 0 Å². The van der Waals surface area contributed by atoms with E-state index in [0.717, 1.165) is 59.9 Å². The molecular weight excluding hydrogens is 571 g/mol. The standard InChI is InChI=1S/C31H35FN6O4S/c1-31(2,23-7-5-4-6-8-23)34-28(40)25-19-24-26(35-38(29(24)43-25)30(41)42-18-13-32)33-27(39)22-11-9-21(10-12-22)20-37-16-14-36(3)15-17-37/h4-12,19H,13-18,20H2,1-3H3,(H,34,40)(H,33,35,39). The fourth-order valence-corrected chi connectivity index (χ4v) is 5.90. The van der Waals surface area contributed by atoms with Crippen molar-refractivity contribution in [3.8, 4) is 0 Å². The van der Waals surface area contributed by atoms with Gasteiger partial charge in [0.05, 0.1) is 15.8 Å². The maximum absolute atomic E-state index is 13.3. The summed E-state index contributed by atoms with van der Waals surface area (Å²) in [7, 11) is 2.12. The number of piperazine rings is 1. The van der Waals surface area contributed by atoms with Gasteiger partial charge >= 0.3 is 6.09 Å². The Hall–Kier alpha value is -4.13. The average molecular weight is 607 g/mol. The smallest absolute Gasteiger partial charge is 0.436 e. The van der Waals surface area contributed by atoms with Crippen LogP contribution in [0.2, 0.25) is 0 Å². The molecule has 43 heavy (non-hydrogen) atoms. The predicted octanol–water partition coefficient (Wildman–Crippen LogP) is 4.72. The SMILES string of the molecule is CN1CCN(Cc2ccc(C(=O)Nc3nn(C(=O)OCCF)c4sc(C(=O)NC(C)(C)c5ccccc5)cc34)cc2)CC1. The van der Waals surface area contributed by atoms with E-state index in [4.69, 9.17) is 4.74 Å². The van der Waals surface area contributed by atoms with Gasteiger partial charge in [0.1, 0.15) is 18.1 Å². The van der Waals surface area contributed by atoms with Crippen LogP contribution in [0.5, 0.6) is 0 Å². The van der Waals surface area contributed by atoms with Gasteiger partial charge in [0.25, 0.3) is 11.8 Å². The van der Waals surface area contributed by atoms with Crippen LogP contribution in [-0.2, 0) is 16.8 Å². The number of ether oxygens (including phenoxy) is 1. The first-order valence-electron chi connectivity index (χ1n) is 14.1. The molecule has 12 heteroatoms. The van der Waals surface area contributed by atoms with E-state index >= 15 is 0 Å². The van der Waals surface area contributed by atoms with Crippen LogP contribution in [-0.4, -0.2) is 84.0 Å². The molecule has 2 aromatic carbocycles. The number of alkyl halides is 1. The zero-order valence-corrected chi connectivity index (χ0v) is 25.2. The van der Waals surface area contributed by atoms with Gasteiger partial charge in [-0.3, -0.25) is 14.5 Å². The van der Waals surface area contributed by atoms with E-state index in [1.54, 1.807) is 18.2 Å². The summed E-state index contributed by atoms with van der Waals surface area (Å²) in [6.07, 6.45) is -0.908. The Labute approximate surface area is 253 Å². The van der Waals surface area contributed by atoms with Gasteiger partial charge < -0.3 is 20.3 Å². The number of fused-ring (bicyclic) bond motifs is 1. The summed E-state index contributed by atoms with van der Waals surface area (Å²) in [6.45, 7) is 7.36. The largest absolute Gasteiger partial charge is 0.445 e. The van der Waals surface area contributed by atoms with Crippen molar-refractivity contribution in [1.82, 2.24) is 24.9 Å². The number of benzene rings is 2. The van der Waals surface area contributed by atoms with Gasteiger partial charge in [-0.2, -0.15) is 4.68 Å². The Morgan fingerprint density at radius 1 is 1.00 bits per heavy atom. The van der Waals surface area contributed by atoms with Crippen molar-refractivity contribution in [1.29, 1.82) is 0 Å². The highest BCUT2D eigenvalue weighted by Gasteiger charge is 2.27. The van der Waals surface area contributed by atoms with Crippen LogP contribution in [0.4, 0.5) is 15.0 Å². The molecule has 2 amide bonds. The van der Waals surface area contributed by atoms with Gasteiger partial charge in [-0.15, -0.1) is 16.4 Å². The molecule has 226 valence electrons. The monoisotopic (exact) mass is 606 g/mol. The second-order valence-electron chi connectivity index (χ2n) is 11.1. The Balaban J connectivity index is 1.36. The van der Waals surface area contributed by atoms with Gasteiger partial charge in [0.2, 0.25) is 0 Å². The van der Waals surface area contributed by atoms with Crippen LogP contribution in [0.1, 0.15) is 45.0 Å². The second kappa shape index (κ2) is 13.0. The molecule has 1 aliphatic rings. The van der Waals surface area contributed by atoms with Crippen LogP contribution < -0.4 is 10.6 Å². The Bertz CT molecular complexity index is 1590. The minimum Gasteiger partial charge on any atom is -0.445 e. The number of thiophene rings is 1. The zero-order chi connectivity index (χ0) is 30.6. The van der Waals surface area contributed by atoms with Gasteiger partial charge in [0.15, 0.2) is 5.82 Å². The molecule has 0 radical (unpaired) electrons. The Morgan fingerprint density at radius 3 is 2.37 bits per heavy atom. The molecular formula is C31H35FN6O4S. The lowest BCUT2D eigenvalue weighted by atomic mass is 9.94. The first-order valence-corrected chi connectivity index (χ1v) is 14.9. The maximum atomic E-state index is 13.3. The molecule has 0 bridgehead atoms. The maximum Gasteiger partial charge on any atom is 0.436 e. The molecule has 5 rings (SSSR count). The highest BCUT2D eigenvalue weighted by atomic mass is 32.1. The van der Waals surface area contributed by atoms with E-state index in [9.17, 15) is 18.8 Å². The van der Waals surface area contributed by atoms with E-state index in [-0.39, 0.29) is 11.7 Å². The van der Waals surface area contributed by atoms with Crippen molar-refractivity contribution >= 4 is 45.3 Å². The molecule has 3 heterocycles. The molecule has 2 aromatic heterocycles. The Kier molecular flexibility index (Phi) is 9.19. The normalized spacial score (nSPS) is 14.5. The fraction of sp³-hybridized carbons (Fsp3) is 0.355. The number of rotatable bonds is 9. The summed E-state index contributed by atoms with van der Waals surface area (Å²) in [6, 6.07) is 18.5. The highest BCUT2D eigenvalue weighted by molar-refractivity contribution is 7.20. The molecule has 0 aliphatic carbocycles. The number of nitrogens with zero attached hydrogens (tertiary/aromatic N) is 4. The molecule has 4 aromatic rings. The molecule has 0 spiro atoms. The molecule has 10 nitrogen and oxygen atoms in total. The first-order chi connectivity index (χ1) is 20.6. The lowest BCUT2D eigenvalue weighted by Crippen LogP contribution is -2.43. The number of aromatic nitrogens is 2. The highest BCUT2D eigenvalue weighted by Crippen LogP contribution is 2.33. The molecule has 0 unspecified atom stereocenters. The van der Waals surface area contributed by atoms with Crippen molar-refractivity contribution in [2.45, 2.75) is 25.9 Å². The fourth-order valence-electron chi connectivity index (χ4n) is 4.90. The van der Waals surface area contributed by atoms with Gasteiger partial charge in [0, 0.05) is 38.3 Å². The quantitative estimate of drug-likeness (QED) is 0.284. The third-order valence-electron chi connectivity index (χ3n) is 7.43. The third kappa shape index (κ3) is 7.10. The predicted molar refractivity (Wildman–Crippen MR) is 164 cm³/mol. The number of anilines is 1. The van der Waals surface area contributed by atoms with Crippen molar-refractivity contribution in [2.24, 2.45) is 0 Å². The van der Waals surface area contributed by atoms with E-state index in [1.807, 2.05) is 56.3 Å². The molecule has 0 saturated carbocycles. The summed E-state index contributed by atoms with van der Waals surface area (Å²) in [5.41, 5.74) is 1.78. The van der Waals surface area contributed by atoms with Crippen molar-refractivity contribution < 1.29 is 23.5 Å². The van der Waals surface area contributed by atoms with Crippen molar-refractivity contribution in [3.05, 3.63) is 82.2 Å². The first kappa shape index (κ1) is 30.3. The topological polar surface area (TPSA) is 109 Å². The number of nitrogens with one attached hydrogen (secondary N) is 2. The average Bonchev–Trinajstić information content (AvgIpc) is 3.58. The van der Waals surface area contributed by atoms with Gasteiger partial charge in [-0.1, -0.05) is 42.5 Å². The van der Waals surface area contributed by atoms with Crippen molar-refractivity contribution in [2.75, 3.05) is 51.8 Å². The van der Waals surface area contributed by atoms with Crippen LogP contribution in [0.3, 0.4) is 0 Å². The number of amides is 2. The minimum absolute atomic E-state index is 0.0938. The molecule has 1 saturated heterocycles. The van der Waals surface area contributed by atoms with E-state index in [1.165, 1.54) is 0 Å². The third-order valence-corrected chi connectivity index (χ3v) is 8.54. The summed E-state index contributed by atoms with van der Waals surface area (Å²) >= 11 is 1.03. The zero-order valence-electron chi connectivity index (χ0n) is 24.4. The number of hydrogen-bond acceptors (Lipinski definition) is 8. The number of likely N-dealkylation sites (N-methyl/N-ethyl adjacent to an activating group) is 1. The number of carbonyl (C=O) groups is 3.